The molecule has 3 rings (SSSR count). The van der Waals surface area contributed by atoms with E-state index in [0.717, 1.165) is 10.6 Å². The maximum Gasteiger partial charge on any atom is 0.226 e. The number of aromatic nitrogens is 2. The average Bonchev–Trinajstić information content (AvgIpc) is 3.09. The number of benzene rings is 2. The molecule has 0 aliphatic heterocycles. The van der Waals surface area contributed by atoms with Crippen molar-refractivity contribution in [3.05, 3.63) is 66.2 Å². The second kappa shape index (κ2) is 7.61. The number of carbonyl (C=O) groups is 2. The molecule has 0 radical (unpaired) electrons. The van der Waals surface area contributed by atoms with Crippen molar-refractivity contribution in [1.29, 1.82) is 0 Å². The van der Waals surface area contributed by atoms with Gasteiger partial charge in [0.25, 0.3) is 0 Å². The van der Waals surface area contributed by atoms with Crippen LogP contribution in [0.1, 0.15) is 23.2 Å². The van der Waals surface area contributed by atoms with Crippen LogP contribution in [0.25, 0.3) is 10.6 Å². The van der Waals surface area contributed by atoms with E-state index in [0.29, 0.717) is 10.7 Å². The van der Waals surface area contributed by atoms with Crippen molar-refractivity contribution in [3.8, 4) is 10.6 Å². The van der Waals surface area contributed by atoms with Crippen molar-refractivity contribution in [2.75, 3.05) is 5.32 Å². The average molecular weight is 337 g/mol. The van der Waals surface area contributed by atoms with E-state index in [1.54, 1.807) is 24.3 Å². The summed E-state index contributed by atoms with van der Waals surface area (Å²) in [6, 6.07) is 18.6. The fourth-order valence-corrected chi connectivity index (χ4v) is 2.91. The minimum absolute atomic E-state index is 0.0482. The van der Waals surface area contributed by atoms with Crippen molar-refractivity contribution in [2.45, 2.75) is 12.8 Å². The molecule has 0 saturated heterocycles. The number of hydrogen-bond acceptors (Lipinski definition) is 5. The molecule has 5 nitrogen and oxygen atoms in total. The Bertz CT molecular complexity index is 832. The SMILES string of the molecule is O=C(CCC(=O)c1ccccc1)Nc1nnc(-c2ccccc2)s1. The predicted molar refractivity (Wildman–Crippen MR) is 94.0 cm³/mol. The molecule has 120 valence electrons. The van der Waals surface area contributed by atoms with Crippen molar-refractivity contribution in [1.82, 2.24) is 10.2 Å². The van der Waals surface area contributed by atoms with Gasteiger partial charge in [0.05, 0.1) is 0 Å². The van der Waals surface area contributed by atoms with Gasteiger partial charge in [0, 0.05) is 24.0 Å². The van der Waals surface area contributed by atoms with E-state index in [1.165, 1.54) is 11.3 Å². The van der Waals surface area contributed by atoms with E-state index in [2.05, 4.69) is 15.5 Å². The third-order valence-electron chi connectivity index (χ3n) is 3.37. The van der Waals surface area contributed by atoms with Crippen LogP contribution >= 0.6 is 11.3 Å². The van der Waals surface area contributed by atoms with Crippen LogP contribution in [0.5, 0.6) is 0 Å². The maximum absolute atomic E-state index is 12.0. The Hall–Kier alpha value is -2.86. The lowest BCUT2D eigenvalue weighted by atomic mass is 10.1. The Balaban J connectivity index is 1.54. The molecule has 0 aliphatic carbocycles. The second-order valence-electron chi connectivity index (χ2n) is 5.12. The molecular formula is C18H15N3O2S. The van der Waals surface area contributed by atoms with Gasteiger partial charge in [-0.2, -0.15) is 0 Å². The zero-order valence-electron chi connectivity index (χ0n) is 12.8. The largest absolute Gasteiger partial charge is 0.301 e. The van der Waals surface area contributed by atoms with Gasteiger partial charge < -0.3 is 5.32 Å². The van der Waals surface area contributed by atoms with Crippen molar-refractivity contribution >= 4 is 28.2 Å². The molecule has 0 bridgehead atoms. The van der Waals surface area contributed by atoms with Crippen LogP contribution < -0.4 is 5.32 Å². The van der Waals surface area contributed by atoms with Crippen LogP contribution in [0.3, 0.4) is 0 Å². The molecule has 3 aromatic rings. The van der Waals surface area contributed by atoms with Gasteiger partial charge in [-0.05, 0) is 0 Å². The van der Waals surface area contributed by atoms with Crippen LogP contribution in [0.4, 0.5) is 5.13 Å². The highest BCUT2D eigenvalue weighted by atomic mass is 32.1. The van der Waals surface area contributed by atoms with Gasteiger partial charge in [-0.1, -0.05) is 72.0 Å². The molecule has 0 saturated carbocycles. The van der Waals surface area contributed by atoms with Crippen LogP contribution in [-0.4, -0.2) is 21.9 Å². The Labute approximate surface area is 143 Å². The molecule has 24 heavy (non-hydrogen) atoms. The van der Waals surface area contributed by atoms with Crippen molar-refractivity contribution in [2.24, 2.45) is 0 Å². The van der Waals surface area contributed by atoms with E-state index < -0.39 is 0 Å². The number of amides is 1. The normalized spacial score (nSPS) is 10.3. The van der Waals surface area contributed by atoms with Gasteiger partial charge in [-0.3, -0.25) is 9.59 Å². The highest BCUT2D eigenvalue weighted by Gasteiger charge is 2.12. The molecule has 0 fully saturated rings. The molecule has 6 heteroatoms. The topological polar surface area (TPSA) is 72.0 Å². The van der Waals surface area contributed by atoms with Gasteiger partial charge in [-0.15, -0.1) is 10.2 Å². The van der Waals surface area contributed by atoms with Gasteiger partial charge in [0.2, 0.25) is 11.0 Å². The summed E-state index contributed by atoms with van der Waals surface area (Å²) in [6.45, 7) is 0. The first kappa shape index (κ1) is 16.0. The van der Waals surface area contributed by atoms with Crippen molar-refractivity contribution < 1.29 is 9.59 Å². The summed E-state index contributed by atoms with van der Waals surface area (Å²) in [5.74, 6) is -0.289. The van der Waals surface area contributed by atoms with Gasteiger partial charge in [0.15, 0.2) is 5.78 Å². The summed E-state index contributed by atoms with van der Waals surface area (Å²) >= 11 is 1.31. The molecule has 1 heterocycles. The zero-order valence-corrected chi connectivity index (χ0v) is 13.6. The summed E-state index contributed by atoms with van der Waals surface area (Å²) < 4.78 is 0. The Morgan fingerprint density at radius 2 is 1.54 bits per heavy atom. The van der Waals surface area contributed by atoms with Gasteiger partial charge in [-0.25, -0.2) is 0 Å². The quantitative estimate of drug-likeness (QED) is 0.694. The minimum atomic E-state index is -0.241. The summed E-state index contributed by atoms with van der Waals surface area (Å²) in [7, 11) is 0. The Kier molecular flexibility index (Phi) is 5.08. The molecule has 2 aromatic carbocycles. The van der Waals surface area contributed by atoms with Crippen molar-refractivity contribution in [3.63, 3.8) is 0 Å². The van der Waals surface area contributed by atoms with E-state index in [4.69, 9.17) is 0 Å². The summed E-state index contributed by atoms with van der Waals surface area (Å²) in [5.41, 5.74) is 1.57. The van der Waals surface area contributed by atoms with Crippen LogP contribution in [0.15, 0.2) is 60.7 Å². The number of rotatable bonds is 6. The Morgan fingerprint density at radius 3 is 2.25 bits per heavy atom. The first-order chi connectivity index (χ1) is 11.7. The highest BCUT2D eigenvalue weighted by Crippen LogP contribution is 2.25. The molecule has 0 atom stereocenters. The fraction of sp³-hybridized carbons (Fsp3) is 0.111. The predicted octanol–water partition coefficient (Wildman–Crippen LogP) is 3.81. The zero-order chi connectivity index (χ0) is 16.8. The monoisotopic (exact) mass is 337 g/mol. The summed E-state index contributed by atoms with van der Waals surface area (Å²) in [4.78, 5) is 24.0. The van der Waals surface area contributed by atoms with E-state index in [9.17, 15) is 9.59 Å². The lowest BCUT2D eigenvalue weighted by molar-refractivity contribution is -0.116. The number of Topliss-reactive ketones (excluding diaryl/α,β-unsaturated/α-hetero) is 1. The first-order valence-corrected chi connectivity index (χ1v) is 8.31. The number of nitrogens with one attached hydrogen (secondary N) is 1. The Morgan fingerprint density at radius 1 is 0.875 bits per heavy atom. The van der Waals surface area contributed by atoms with Crippen LogP contribution in [0.2, 0.25) is 0 Å². The van der Waals surface area contributed by atoms with E-state index >= 15 is 0 Å². The van der Waals surface area contributed by atoms with Gasteiger partial charge in [0.1, 0.15) is 5.01 Å². The number of hydrogen-bond donors (Lipinski definition) is 1. The highest BCUT2D eigenvalue weighted by molar-refractivity contribution is 7.18. The van der Waals surface area contributed by atoms with E-state index in [-0.39, 0.29) is 24.5 Å². The standard InChI is InChI=1S/C18H15N3O2S/c22-15(13-7-3-1-4-8-13)11-12-16(23)19-18-21-20-17(24-18)14-9-5-2-6-10-14/h1-10H,11-12H2,(H,19,21,23). The summed E-state index contributed by atoms with van der Waals surface area (Å²) in [5, 5.41) is 11.9. The number of carbonyl (C=O) groups excluding carboxylic acids is 2. The third kappa shape index (κ3) is 4.11. The molecule has 0 spiro atoms. The van der Waals surface area contributed by atoms with Gasteiger partial charge >= 0.3 is 0 Å². The summed E-state index contributed by atoms with van der Waals surface area (Å²) in [6.07, 6.45) is 0.286. The molecule has 0 unspecified atom stereocenters. The van der Waals surface area contributed by atoms with Crippen LogP contribution in [-0.2, 0) is 4.79 Å². The number of anilines is 1. The number of ketones is 1. The van der Waals surface area contributed by atoms with E-state index in [1.807, 2.05) is 36.4 Å². The molecular weight excluding hydrogens is 322 g/mol. The molecule has 0 aliphatic rings. The molecule has 1 N–H and O–H groups in total. The molecule has 1 amide bonds. The first-order valence-electron chi connectivity index (χ1n) is 7.49. The lowest BCUT2D eigenvalue weighted by Gasteiger charge is -2.01. The maximum atomic E-state index is 12.0. The van der Waals surface area contributed by atoms with Crippen LogP contribution in [0, 0.1) is 0 Å². The molecule has 1 aromatic heterocycles. The fourth-order valence-electron chi connectivity index (χ4n) is 2.15. The third-order valence-corrected chi connectivity index (χ3v) is 4.25. The minimum Gasteiger partial charge on any atom is -0.301 e. The smallest absolute Gasteiger partial charge is 0.226 e. The number of nitrogens with zero attached hydrogens (tertiary/aromatic N) is 2. The second-order valence-corrected chi connectivity index (χ2v) is 6.09. The lowest BCUT2D eigenvalue weighted by Crippen LogP contribution is -2.13.